The molecule has 0 aromatic rings. The summed E-state index contributed by atoms with van der Waals surface area (Å²) in [7, 11) is 11.7. The molecule has 0 aliphatic carbocycles. The maximum atomic E-state index is 11.7. The van der Waals surface area contributed by atoms with Crippen molar-refractivity contribution in [1.82, 2.24) is 0 Å². The molecule has 0 amide bonds. The van der Waals surface area contributed by atoms with E-state index in [1.807, 2.05) is 49.2 Å². The van der Waals surface area contributed by atoms with Gasteiger partial charge in [-0.05, 0) is 18.8 Å². The average molecular weight is 318 g/mol. The number of nitrogens with zero attached hydrogens (tertiary/aromatic N) is 2. The molecule has 1 unspecified atom stereocenters. The highest BCUT2D eigenvalue weighted by Crippen LogP contribution is 2.10. The minimum Gasteiger partial charge on any atom is -0.462 e. The smallest absolute Gasteiger partial charge is 0.361 e. The van der Waals surface area contributed by atoms with Crippen LogP contribution in [0.1, 0.15) is 19.8 Å². The number of rotatable bonds is 10. The van der Waals surface area contributed by atoms with Crippen molar-refractivity contribution in [2.24, 2.45) is 5.92 Å². The van der Waals surface area contributed by atoms with Crippen LogP contribution in [0.5, 0.6) is 0 Å². The summed E-state index contributed by atoms with van der Waals surface area (Å²) in [6, 6.07) is 0. The van der Waals surface area contributed by atoms with Crippen molar-refractivity contribution in [3.8, 4) is 0 Å². The SMILES string of the molecule is CCC(CCOC(=O)C[N+](C)(C)C)COC(=O)C[N+](C)(C)C. The molecule has 0 aliphatic rings. The van der Waals surface area contributed by atoms with E-state index in [1.165, 1.54) is 0 Å². The molecule has 0 N–H and O–H groups in total. The zero-order chi connectivity index (χ0) is 17.4. The van der Waals surface area contributed by atoms with Gasteiger partial charge in [0.05, 0.1) is 55.5 Å². The van der Waals surface area contributed by atoms with Gasteiger partial charge in [-0.2, -0.15) is 0 Å². The molecule has 6 heteroatoms. The number of hydrogen-bond donors (Lipinski definition) is 0. The molecular weight excluding hydrogens is 284 g/mol. The molecule has 0 spiro atoms. The lowest BCUT2D eigenvalue weighted by Crippen LogP contribution is -2.40. The molecule has 22 heavy (non-hydrogen) atoms. The van der Waals surface area contributed by atoms with E-state index < -0.39 is 0 Å². The summed E-state index contributed by atoms with van der Waals surface area (Å²) in [5.41, 5.74) is 0. The summed E-state index contributed by atoms with van der Waals surface area (Å²) >= 11 is 0. The monoisotopic (exact) mass is 318 g/mol. The van der Waals surface area contributed by atoms with Gasteiger partial charge in [-0.15, -0.1) is 0 Å². The van der Waals surface area contributed by atoms with Crippen molar-refractivity contribution in [3.05, 3.63) is 0 Å². The van der Waals surface area contributed by atoms with Crippen molar-refractivity contribution in [2.75, 3.05) is 68.6 Å². The van der Waals surface area contributed by atoms with E-state index in [0.29, 0.717) is 35.3 Å². The van der Waals surface area contributed by atoms with E-state index in [1.54, 1.807) is 0 Å². The normalized spacial score (nSPS) is 13.6. The van der Waals surface area contributed by atoms with Crippen molar-refractivity contribution < 1.29 is 28.0 Å². The molecule has 0 heterocycles. The summed E-state index contributed by atoms with van der Waals surface area (Å²) in [6.45, 7) is 3.53. The van der Waals surface area contributed by atoms with Crippen LogP contribution in [0.2, 0.25) is 0 Å². The van der Waals surface area contributed by atoms with Crippen LogP contribution in [0, 0.1) is 5.92 Å². The lowest BCUT2D eigenvalue weighted by atomic mass is 10.0. The van der Waals surface area contributed by atoms with E-state index in [9.17, 15) is 9.59 Å². The van der Waals surface area contributed by atoms with Gasteiger partial charge in [0.2, 0.25) is 0 Å². The second-order valence-electron chi connectivity index (χ2n) is 7.86. The van der Waals surface area contributed by atoms with E-state index >= 15 is 0 Å². The first-order valence-electron chi connectivity index (χ1n) is 7.85. The lowest BCUT2D eigenvalue weighted by Gasteiger charge is -2.23. The number of esters is 2. The standard InChI is InChI=1S/C16H34N2O4/c1-8-14(13-22-16(20)12-18(5,6)7)9-10-21-15(19)11-17(2,3)4/h14H,8-13H2,1-7H3/q+2. The number of hydrogen-bond acceptors (Lipinski definition) is 4. The van der Waals surface area contributed by atoms with Crippen LogP contribution >= 0.6 is 0 Å². The summed E-state index contributed by atoms with van der Waals surface area (Å²) in [6.07, 6.45) is 1.61. The highest BCUT2D eigenvalue weighted by molar-refractivity contribution is 5.70. The van der Waals surface area contributed by atoms with Gasteiger partial charge in [0.25, 0.3) is 0 Å². The Balaban J connectivity index is 3.98. The molecule has 6 nitrogen and oxygen atoms in total. The molecule has 1 atom stereocenters. The van der Waals surface area contributed by atoms with Gasteiger partial charge < -0.3 is 18.4 Å². The van der Waals surface area contributed by atoms with Gasteiger partial charge in [0.15, 0.2) is 13.1 Å². The topological polar surface area (TPSA) is 52.6 Å². The van der Waals surface area contributed by atoms with Crippen LogP contribution < -0.4 is 0 Å². The van der Waals surface area contributed by atoms with Crippen LogP contribution in [0.25, 0.3) is 0 Å². The Kier molecular flexibility index (Phi) is 8.63. The van der Waals surface area contributed by atoms with E-state index in [0.717, 1.165) is 12.8 Å². The van der Waals surface area contributed by atoms with Gasteiger partial charge in [-0.3, -0.25) is 0 Å². The molecule has 130 valence electrons. The number of quaternary nitrogens is 2. The predicted molar refractivity (Wildman–Crippen MR) is 86.1 cm³/mol. The fraction of sp³-hybridized carbons (Fsp3) is 0.875. The third-order valence-electron chi connectivity index (χ3n) is 3.05. The van der Waals surface area contributed by atoms with Gasteiger partial charge in [0.1, 0.15) is 0 Å². The number of carbonyl (C=O) groups excluding carboxylic acids is 2. The van der Waals surface area contributed by atoms with E-state index in [4.69, 9.17) is 9.47 Å². The van der Waals surface area contributed by atoms with Crippen LogP contribution in [0.3, 0.4) is 0 Å². The molecule has 0 saturated heterocycles. The maximum absolute atomic E-state index is 11.7. The highest BCUT2D eigenvalue weighted by Gasteiger charge is 2.19. The van der Waals surface area contributed by atoms with Crippen LogP contribution in [-0.4, -0.2) is 89.5 Å². The third kappa shape index (κ3) is 12.6. The second-order valence-corrected chi connectivity index (χ2v) is 7.86. The fourth-order valence-electron chi connectivity index (χ4n) is 1.82. The Morgan fingerprint density at radius 2 is 1.32 bits per heavy atom. The summed E-state index contributed by atoms with van der Waals surface area (Å²) in [4.78, 5) is 23.3. The molecule has 0 fully saturated rings. The molecule has 0 aromatic heterocycles. The first kappa shape index (κ1) is 20.9. The Bertz CT molecular complexity index is 356. The Hall–Kier alpha value is -1.14. The molecule has 0 aromatic carbocycles. The zero-order valence-electron chi connectivity index (χ0n) is 15.3. The summed E-state index contributed by atoms with van der Waals surface area (Å²) in [5, 5.41) is 0. The average Bonchev–Trinajstić information content (AvgIpc) is 2.28. The fourth-order valence-corrected chi connectivity index (χ4v) is 1.82. The zero-order valence-corrected chi connectivity index (χ0v) is 15.3. The van der Waals surface area contributed by atoms with Crippen LogP contribution in [-0.2, 0) is 19.1 Å². The molecule has 0 aliphatic heterocycles. The van der Waals surface area contributed by atoms with Crippen molar-refractivity contribution in [3.63, 3.8) is 0 Å². The quantitative estimate of drug-likeness (QED) is 0.444. The van der Waals surface area contributed by atoms with Gasteiger partial charge in [-0.1, -0.05) is 6.92 Å². The van der Waals surface area contributed by atoms with Crippen molar-refractivity contribution in [1.29, 1.82) is 0 Å². The van der Waals surface area contributed by atoms with Crippen LogP contribution in [0.4, 0.5) is 0 Å². The molecule has 0 saturated carbocycles. The largest absolute Gasteiger partial charge is 0.462 e. The summed E-state index contributed by atoms with van der Waals surface area (Å²) in [5.74, 6) is -0.147. The molecule has 0 radical (unpaired) electrons. The van der Waals surface area contributed by atoms with Crippen LogP contribution in [0.15, 0.2) is 0 Å². The third-order valence-corrected chi connectivity index (χ3v) is 3.05. The Morgan fingerprint density at radius 1 is 0.864 bits per heavy atom. The maximum Gasteiger partial charge on any atom is 0.361 e. The lowest BCUT2D eigenvalue weighted by molar-refractivity contribution is -0.862. The van der Waals surface area contributed by atoms with Crippen molar-refractivity contribution in [2.45, 2.75) is 19.8 Å². The number of likely N-dealkylation sites (N-methyl/N-ethyl adjacent to an activating group) is 2. The number of ether oxygens (including phenoxy) is 2. The van der Waals surface area contributed by atoms with E-state index in [-0.39, 0.29) is 17.9 Å². The van der Waals surface area contributed by atoms with Gasteiger partial charge >= 0.3 is 11.9 Å². The summed E-state index contributed by atoms with van der Waals surface area (Å²) < 4.78 is 11.7. The first-order chi connectivity index (χ1) is 9.93. The highest BCUT2D eigenvalue weighted by atomic mass is 16.5. The van der Waals surface area contributed by atoms with Crippen molar-refractivity contribution >= 4 is 11.9 Å². The molecule has 0 rings (SSSR count). The van der Waals surface area contributed by atoms with Gasteiger partial charge in [-0.25, -0.2) is 9.59 Å². The van der Waals surface area contributed by atoms with Gasteiger partial charge in [0, 0.05) is 0 Å². The Morgan fingerprint density at radius 3 is 1.73 bits per heavy atom. The Labute approximate surface area is 135 Å². The number of carbonyl (C=O) groups is 2. The minimum absolute atomic E-state index is 0.187. The predicted octanol–water partition coefficient (Wildman–Crippen LogP) is 0.902. The minimum atomic E-state index is -0.190. The van der Waals surface area contributed by atoms with E-state index in [2.05, 4.69) is 0 Å². The molecule has 0 bridgehead atoms. The second kappa shape index (κ2) is 9.10. The molecular formula is C16H34N2O4+2. The first-order valence-corrected chi connectivity index (χ1v) is 7.85.